The van der Waals surface area contributed by atoms with Crippen LogP contribution in [0.5, 0.6) is 11.5 Å². The quantitative estimate of drug-likeness (QED) is 0.851. The van der Waals surface area contributed by atoms with E-state index in [2.05, 4.69) is 5.32 Å². The van der Waals surface area contributed by atoms with E-state index < -0.39 is 5.82 Å². The molecule has 0 aliphatic rings. The smallest absolute Gasteiger partial charge is 0.161 e. The lowest BCUT2D eigenvalue weighted by molar-refractivity contribution is 0.317. The van der Waals surface area contributed by atoms with Crippen molar-refractivity contribution in [3.8, 4) is 11.5 Å². The summed E-state index contributed by atoms with van der Waals surface area (Å²) in [4.78, 5) is 0. The largest absolute Gasteiger partial charge is 0.504 e. The average molecular weight is 310 g/mol. The van der Waals surface area contributed by atoms with Crippen LogP contribution in [0.2, 0.25) is 5.02 Å². The van der Waals surface area contributed by atoms with E-state index in [1.165, 1.54) is 6.07 Å². The first-order valence-corrected chi connectivity index (χ1v) is 7.07. The highest BCUT2D eigenvalue weighted by Gasteiger charge is 2.04. The molecule has 0 saturated heterocycles. The molecule has 21 heavy (non-hydrogen) atoms. The fraction of sp³-hybridized carbons (Fsp3) is 0.250. The highest BCUT2D eigenvalue weighted by molar-refractivity contribution is 6.30. The van der Waals surface area contributed by atoms with E-state index in [4.69, 9.17) is 16.3 Å². The molecule has 2 N–H and O–H groups in total. The number of rotatable bonds is 6. The van der Waals surface area contributed by atoms with Crippen molar-refractivity contribution in [2.24, 2.45) is 0 Å². The maximum absolute atomic E-state index is 13.1. The molecule has 2 aromatic carbocycles. The van der Waals surface area contributed by atoms with Gasteiger partial charge in [0, 0.05) is 13.1 Å². The van der Waals surface area contributed by atoms with Gasteiger partial charge < -0.3 is 15.2 Å². The van der Waals surface area contributed by atoms with Crippen LogP contribution in [-0.4, -0.2) is 11.7 Å². The Kier molecular flexibility index (Phi) is 5.42. The number of phenols is 1. The molecule has 0 bridgehead atoms. The topological polar surface area (TPSA) is 41.5 Å². The molecule has 0 amide bonds. The number of halogens is 2. The molecule has 3 nitrogen and oxygen atoms in total. The summed E-state index contributed by atoms with van der Waals surface area (Å²) in [5.74, 6) is 0.188. The molecule has 0 aromatic heterocycles. The second kappa shape index (κ2) is 7.29. The number of hydrogen-bond donors (Lipinski definition) is 2. The Morgan fingerprint density at radius 3 is 2.48 bits per heavy atom. The maximum Gasteiger partial charge on any atom is 0.161 e. The summed E-state index contributed by atoms with van der Waals surface area (Å²) in [6.45, 7) is 3.54. The van der Waals surface area contributed by atoms with Gasteiger partial charge in [-0.1, -0.05) is 23.7 Å². The molecule has 0 aliphatic heterocycles. The van der Waals surface area contributed by atoms with Crippen molar-refractivity contribution in [3.63, 3.8) is 0 Å². The van der Waals surface area contributed by atoms with Crippen molar-refractivity contribution < 1.29 is 14.2 Å². The molecular formula is C16H17ClFNO2. The van der Waals surface area contributed by atoms with Crippen molar-refractivity contribution in [1.82, 2.24) is 5.32 Å². The summed E-state index contributed by atoms with van der Waals surface area (Å²) < 4.78 is 18.4. The van der Waals surface area contributed by atoms with Crippen molar-refractivity contribution in [1.29, 1.82) is 0 Å². The van der Waals surface area contributed by atoms with Gasteiger partial charge >= 0.3 is 0 Å². The number of aromatic hydroxyl groups is 1. The predicted molar refractivity (Wildman–Crippen MR) is 81.2 cm³/mol. The molecule has 112 valence electrons. The van der Waals surface area contributed by atoms with E-state index in [0.29, 0.717) is 25.4 Å². The first-order valence-electron chi connectivity index (χ1n) is 6.69. The van der Waals surface area contributed by atoms with Crippen LogP contribution in [0.3, 0.4) is 0 Å². The van der Waals surface area contributed by atoms with Crippen LogP contribution in [0.1, 0.15) is 18.1 Å². The zero-order valence-electron chi connectivity index (χ0n) is 11.7. The molecule has 0 atom stereocenters. The van der Waals surface area contributed by atoms with Crippen molar-refractivity contribution in [2.75, 3.05) is 6.61 Å². The molecule has 0 radical (unpaired) electrons. The molecule has 0 spiro atoms. The monoisotopic (exact) mass is 309 g/mol. The fourth-order valence-electron chi connectivity index (χ4n) is 1.94. The van der Waals surface area contributed by atoms with Crippen molar-refractivity contribution in [3.05, 3.63) is 58.4 Å². The first kappa shape index (κ1) is 15.6. The first-order chi connectivity index (χ1) is 10.1. The number of benzene rings is 2. The van der Waals surface area contributed by atoms with E-state index in [1.807, 2.05) is 13.0 Å². The Balaban J connectivity index is 1.93. The maximum atomic E-state index is 13.1. The second-order valence-corrected chi connectivity index (χ2v) is 4.99. The zero-order valence-corrected chi connectivity index (χ0v) is 12.5. The SMILES string of the molecule is CCOc1cc(CNCc2ccc(F)c(Cl)c2)ccc1O. The van der Waals surface area contributed by atoms with Gasteiger partial charge in [-0.05, 0) is 42.3 Å². The number of nitrogens with one attached hydrogen (secondary N) is 1. The minimum Gasteiger partial charge on any atom is -0.504 e. The number of phenolic OH excluding ortho intramolecular Hbond substituents is 1. The van der Waals surface area contributed by atoms with E-state index in [-0.39, 0.29) is 10.8 Å². The average Bonchev–Trinajstić information content (AvgIpc) is 2.46. The van der Waals surface area contributed by atoms with Crippen LogP contribution in [0.15, 0.2) is 36.4 Å². The van der Waals surface area contributed by atoms with Crippen LogP contribution >= 0.6 is 11.6 Å². The lowest BCUT2D eigenvalue weighted by atomic mass is 10.2. The molecule has 0 heterocycles. The highest BCUT2D eigenvalue weighted by Crippen LogP contribution is 2.26. The molecule has 0 saturated carbocycles. The Morgan fingerprint density at radius 1 is 1.14 bits per heavy atom. The van der Waals surface area contributed by atoms with E-state index >= 15 is 0 Å². The molecule has 0 aliphatic carbocycles. The van der Waals surface area contributed by atoms with Gasteiger partial charge in [0.2, 0.25) is 0 Å². The highest BCUT2D eigenvalue weighted by atomic mass is 35.5. The lowest BCUT2D eigenvalue weighted by Crippen LogP contribution is -2.12. The second-order valence-electron chi connectivity index (χ2n) is 4.59. The fourth-order valence-corrected chi connectivity index (χ4v) is 2.14. The molecule has 2 rings (SSSR count). The summed E-state index contributed by atoms with van der Waals surface area (Å²) >= 11 is 5.74. The third kappa shape index (κ3) is 4.34. The van der Waals surface area contributed by atoms with Gasteiger partial charge in [-0.3, -0.25) is 0 Å². The normalized spacial score (nSPS) is 10.6. The Morgan fingerprint density at radius 2 is 1.81 bits per heavy atom. The van der Waals surface area contributed by atoms with Crippen LogP contribution in [0, 0.1) is 5.82 Å². The Bertz CT molecular complexity index is 619. The predicted octanol–water partition coefficient (Wildman–Crippen LogP) is 3.87. The molecular weight excluding hydrogens is 293 g/mol. The van der Waals surface area contributed by atoms with Crippen LogP contribution < -0.4 is 10.1 Å². The zero-order chi connectivity index (χ0) is 15.2. The standard InChI is InChI=1S/C16H17ClFNO2/c1-2-21-16-8-12(4-6-15(16)20)10-19-9-11-3-5-14(18)13(17)7-11/h3-8,19-20H,2,9-10H2,1H3. The summed E-state index contributed by atoms with van der Waals surface area (Å²) in [7, 11) is 0. The van der Waals surface area contributed by atoms with E-state index in [0.717, 1.165) is 11.1 Å². The third-order valence-corrected chi connectivity index (χ3v) is 3.26. The molecule has 5 heteroatoms. The van der Waals surface area contributed by atoms with Gasteiger partial charge in [0.25, 0.3) is 0 Å². The minimum atomic E-state index is -0.416. The van der Waals surface area contributed by atoms with Crippen LogP contribution in [0.4, 0.5) is 4.39 Å². The summed E-state index contributed by atoms with van der Waals surface area (Å²) in [5, 5.41) is 13.0. The van der Waals surface area contributed by atoms with Gasteiger partial charge in [0.1, 0.15) is 5.82 Å². The van der Waals surface area contributed by atoms with Gasteiger partial charge in [-0.2, -0.15) is 0 Å². The minimum absolute atomic E-state index is 0.123. The Labute approximate surface area is 128 Å². The van der Waals surface area contributed by atoms with Gasteiger partial charge in [-0.15, -0.1) is 0 Å². The van der Waals surface area contributed by atoms with Crippen molar-refractivity contribution in [2.45, 2.75) is 20.0 Å². The Hall–Kier alpha value is -1.78. The third-order valence-electron chi connectivity index (χ3n) is 2.97. The van der Waals surface area contributed by atoms with Gasteiger partial charge in [0.15, 0.2) is 11.5 Å². The van der Waals surface area contributed by atoms with Crippen LogP contribution in [0.25, 0.3) is 0 Å². The lowest BCUT2D eigenvalue weighted by Gasteiger charge is -2.09. The summed E-state index contributed by atoms with van der Waals surface area (Å²) in [6, 6.07) is 9.87. The molecule has 0 unspecified atom stereocenters. The summed E-state index contributed by atoms with van der Waals surface area (Å²) in [6.07, 6.45) is 0. The summed E-state index contributed by atoms with van der Waals surface area (Å²) in [5.41, 5.74) is 1.90. The number of ether oxygens (including phenoxy) is 1. The number of hydrogen-bond acceptors (Lipinski definition) is 3. The van der Waals surface area contributed by atoms with E-state index in [1.54, 1.807) is 24.3 Å². The van der Waals surface area contributed by atoms with Crippen LogP contribution in [-0.2, 0) is 13.1 Å². The van der Waals surface area contributed by atoms with Gasteiger partial charge in [0.05, 0.1) is 11.6 Å². The van der Waals surface area contributed by atoms with Gasteiger partial charge in [-0.25, -0.2) is 4.39 Å². The molecule has 2 aromatic rings. The van der Waals surface area contributed by atoms with E-state index in [9.17, 15) is 9.50 Å². The van der Waals surface area contributed by atoms with Crippen molar-refractivity contribution >= 4 is 11.6 Å². The molecule has 0 fully saturated rings.